The van der Waals surface area contributed by atoms with Crippen LogP contribution in [0.25, 0.3) is 0 Å². The smallest absolute Gasteiger partial charge is 0.224 e. The van der Waals surface area contributed by atoms with Crippen molar-refractivity contribution in [2.45, 2.75) is 51.9 Å². The number of nitrogens with zero attached hydrogens (tertiary/aromatic N) is 2. The molecule has 0 aromatic carbocycles. The molecule has 3 rings (SSSR count). The minimum Gasteiger partial charge on any atom is -0.383 e. The third-order valence-corrected chi connectivity index (χ3v) is 5.83. The highest BCUT2D eigenvalue weighted by Crippen LogP contribution is 2.27. The van der Waals surface area contributed by atoms with Crippen molar-refractivity contribution < 1.29 is 9.59 Å². The molecule has 2 N–H and O–H groups in total. The Balaban J connectivity index is 1.41. The van der Waals surface area contributed by atoms with Crippen LogP contribution < -0.4 is 10.6 Å². The van der Waals surface area contributed by atoms with E-state index in [1.54, 1.807) is 6.20 Å². The Labute approximate surface area is 162 Å². The first kappa shape index (κ1) is 19.6. The highest BCUT2D eigenvalue weighted by molar-refractivity contribution is 5.83. The number of hydrogen-bond acceptors (Lipinski definition) is 4. The van der Waals surface area contributed by atoms with Crippen molar-refractivity contribution >= 4 is 17.5 Å². The van der Waals surface area contributed by atoms with Crippen LogP contribution in [-0.2, 0) is 9.59 Å². The number of hydrogen-bond donors (Lipinski definition) is 2. The van der Waals surface area contributed by atoms with Crippen LogP contribution in [0.4, 0.5) is 5.69 Å². The molecule has 0 spiro atoms. The second-order valence-corrected chi connectivity index (χ2v) is 7.95. The van der Waals surface area contributed by atoms with Gasteiger partial charge in [-0.2, -0.15) is 0 Å². The molecule has 148 valence electrons. The van der Waals surface area contributed by atoms with Gasteiger partial charge in [-0.1, -0.05) is 19.3 Å². The zero-order chi connectivity index (χ0) is 19.1. The molecule has 1 saturated heterocycles. The number of amides is 2. The van der Waals surface area contributed by atoms with E-state index in [4.69, 9.17) is 0 Å². The summed E-state index contributed by atoms with van der Waals surface area (Å²) in [4.78, 5) is 30.8. The summed E-state index contributed by atoms with van der Waals surface area (Å²) < 4.78 is 0. The van der Waals surface area contributed by atoms with Crippen molar-refractivity contribution in [2.75, 3.05) is 31.5 Å². The van der Waals surface area contributed by atoms with Gasteiger partial charge in [0.25, 0.3) is 0 Å². The highest BCUT2D eigenvalue weighted by atomic mass is 16.2. The topological polar surface area (TPSA) is 74.3 Å². The summed E-state index contributed by atoms with van der Waals surface area (Å²) in [6.07, 6.45) is 11.1. The van der Waals surface area contributed by atoms with Crippen LogP contribution in [-0.4, -0.2) is 47.9 Å². The molecular weight excluding hydrogens is 340 g/mol. The second kappa shape index (κ2) is 9.72. The van der Waals surface area contributed by atoms with Gasteiger partial charge in [0.15, 0.2) is 0 Å². The summed E-state index contributed by atoms with van der Waals surface area (Å²) in [6, 6.07) is 1.94. The SMILES string of the molecule is Cc1cnccc1NCCNC(=O)[C@H]1CCC(=O)N(CC2CCCCC2)C1. The maximum Gasteiger partial charge on any atom is 0.224 e. The summed E-state index contributed by atoms with van der Waals surface area (Å²) in [5.41, 5.74) is 2.13. The van der Waals surface area contributed by atoms with Crippen LogP contribution in [0, 0.1) is 18.8 Å². The van der Waals surface area contributed by atoms with E-state index in [0.29, 0.717) is 38.4 Å². The van der Waals surface area contributed by atoms with Gasteiger partial charge >= 0.3 is 0 Å². The fourth-order valence-electron chi connectivity index (χ4n) is 4.19. The van der Waals surface area contributed by atoms with Crippen molar-refractivity contribution in [3.05, 3.63) is 24.0 Å². The van der Waals surface area contributed by atoms with Crippen LogP contribution in [0.3, 0.4) is 0 Å². The molecule has 1 saturated carbocycles. The number of carbonyl (C=O) groups excluding carboxylic acids is 2. The van der Waals surface area contributed by atoms with Crippen LogP contribution in [0.1, 0.15) is 50.5 Å². The molecule has 0 bridgehead atoms. The summed E-state index contributed by atoms with van der Waals surface area (Å²) in [5.74, 6) is 0.843. The summed E-state index contributed by atoms with van der Waals surface area (Å²) in [7, 11) is 0. The number of anilines is 1. The van der Waals surface area contributed by atoms with E-state index >= 15 is 0 Å². The third kappa shape index (κ3) is 5.68. The average Bonchev–Trinajstić information content (AvgIpc) is 2.69. The Morgan fingerprint density at radius 3 is 2.81 bits per heavy atom. The molecule has 0 unspecified atom stereocenters. The molecule has 1 aromatic rings. The lowest BCUT2D eigenvalue weighted by atomic mass is 9.87. The molecule has 6 heteroatoms. The van der Waals surface area contributed by atoms with E-state index in [2.05, 4.69) is 15.6 Å². The van der Waals surface area contributed by atoms with Gasteiger partial charge in [0, 0.05) is 50.7 Å². The lowest BCUT2D eigenvalue weighted by Gasteiger charge is -2.35. The van der Waals surface area contributed by atoms with Crippen molar-refractivity contribution in [1.29, 1.82) is 0 Å². The van der Waals surface area contributed by atoms with Crippen LogP contribution in [0.5, 0.6) is 0 Å². The first-order chi connectivity index (χ1) is 13.1. The minimum absolute atomic E-state index is 0.0735. The van der Waals surface area contributed by atoms with E-state index in [1.165, 1.54) is 32.1 Å². The Hall–Kier alpha value is -2.11. The fourth-order valence-corrected chi connectivity index (χ4v) is 4.19. The van der Waals surface area contributed by atoms with Gasteiger partial charge in [-0.15, -0.1) is 0 Å². The molecule has 2 amide bonds. The van der Waals surface area contributed by atoms with E-state index in [9.17, 15) is 9.59 Å². The molecule has 2 fully saturated rings. The molecule has 0 radical (unpaired) electrons. The fraction of sp³-hybridized carbons (Fsp3) is 0.667. The van der Waals surface area contributed by atoms with Gasteiger partial charge in [0.1, 0.15) is 0 Å². The molecule has 27 heavy (non-hydrogen) atoms. The number of carbonyl (C=O) groups is 2. The Bertz CT molecular complexity index is 643. The number of aromatic nitrogens is 1. The molecule has 6 nitrogen and oxygen atoms in total. The largest absolute Gasteiger partial charge is 0.383 e. The second-order valence-electron chi connectivity index (χ2n) is 7.95. The first-order valence-electron chi connectivity index (χ1n) is 10.3. The lowest BCUT2D eigenvalue weighted by Crippen LogP contribution is -2.47. The monoisotopic (exact) mass is 372 g/mol. The van der Waals surface area contributed by atoms with E-state index < -0.39 is 0 Å². The Morgan fingerprint density at radius 1 is 1.22 bits per heavy atom. The maximum absolute atomic E-state index is 12.5. The lowest BCUT2D eigenvalue weighted by molar-refractivity contribution is -0.139. The molecule has 1 aromatic heterocycles. The number of piperidine rings is 1. The third-order valence-electron chi connectivity index (χ3n) is 5.83. The zero-order valence-electron chi connectivity index (χ0n) is 16.4. The van der Waals surface area contributed by atoms with Crippen LogP contribution >= 0.6 is 0 Å². The van der Waals surface area contributed by atoms with Crippen molar-refractivity contribution in [2.24, 2.45) is 11.8 Å². The quantitative estimate of drug-likeness (QED) is 0.722. The average molecular weight is 373 g/mol. The van der Waals surface area contributed by atoms with Gasteiger partial charge in [-0.05, 0) is 43.7 Å². The highest BCUT2D eigenvalue weighted by Gasteiger charge is 2.31. The van der Waals surface area contributed by atoms with Gasteiger partial charge in [0.05, 0.1) is 5.92 Å². The summed E-state index contributed by atoms with van der Waals surface area (Å²) in [6.45, 7) is 4.68. The van der Waals surface area contributed by atoms with Crippen molar-refractivity contribution in [1.82, 2.24) is 15.2 Å². The van der Waals surface area contributed by atoms with Gasteiger partial charge in [-0.3, -0.25) is 14.6 Å². The summed E-state index contributed by atoms with van der Waals surface area (Å²) >= 11 is 0. The maximum atomic E-state index is 12.5. The van der Waals surface area contributed by atoms with Crippen LogP contribution in [0.2, 0.25) is 0 Å². The number of rotatable bonds is 7. The van der Waals surface area contributed by atoms with Gasteiger partial charge < -0.3 is 15.5 Å². The van der Waals surface area contributed by atoms with E-state index in [-0.39, 0.29) is 17.7 Å². The molecular formula is C21H32N4O2. The molecule has 1 atom stereocenters. The molecule has 1 aliphatic carbocycles. The van der Waals surface area contributed by atoms with E-state index in [0.717, 1.165) is 17.8 Å². The Kier molecular flexibility index (Phi) is 7.07. The van der Waals surface area contributed by atoms with Gasteiger partial charge in [-0.25, -0.2) is 0 Å². The number of likely N-dealkylation sites (tertiary alicyclic amines) is 1. The molecule has 2 heterocycles. The predicted octanol–water partition coefficient (Wildman–Crippen LogP) is 2.74. The van der Waals surface area contributed by atoms with Crippen molar-refractivity contribution in [3.63, 3.8) is 0 Å². The number of pyridine rings is 1. The predicted molar refractivity (Wildman–Crippen MR) is 106 cm³/mol. The zero-order valence-corrected chi connectivity index (χ0v) is 16.4. The summed E-state index contributed by atoms with van der Waals surface area (Å²) in [5, 5.41) is 6.35. The molecule has 2 aliphatic rings. The minimum atomic E-state index is -0.0750. The number of aryl methyl sites for hydroxylation is 1. The Morgan fingerprint density at radius 2 is 2.04 bits per heavy atom. The normalized spacial score (nSPS) is 21.1. The standard InChI is InChI=1S/C21H32N4O2/c1-16-13-22-10-9-19(16)23-11-12-24-21(27)18-7-8-20(26)25(15-18)14-17-5-3-2-4-6-17/h9-10,13,17-18H,2-8,11-12,14-15H2,1H3,(H,22,23)(H,24,27)/t18-/m0/s1. The van der Waals surface area contributed by atoms with Gasteiger partial charge in [0.2, 0.25) is 11.8 Å². The van der Waals surface area contributed by atoms with Crippen molar-refractivity contribution in [3.8, 4) is 0 Å². The van der Waals surface area contributed by atoms with E-state index in [1.807, 2.05) is 24.1 Å². The molecule has 1 aliphatic heterocycles. The van der Waals surface area contributed by atoms with Crippen LogP contribution in [0.15, 0.2) is 18.5 Å². The first-order valence-corrected chi connectivity index (χ1v) is 10.3. The number of nitrogens with one attached hydrogen (secondary N) is 2.